The molecule has 1 aromatic carbocycles. The van der Waals surface area contributed by atoms with Gasteiger partial charge in [-0.1, -0.05) is 6.07 Å². The van der Waals surface area contributed by atoms with Gasteiger partial charge in [-0.05, 0) is 32.4 Å². The summed E-state index contributed by atoms with van der Waals surface area (Å²) in [6.45, 7) is 4.33. The molecule has 0 aliphatic carbocycles. The van der Waals surface area contributed by atoms with Gasteiger partial charge in [-0.25, -0.2) is 4.79 Å². The van der Waals surface area contributed by atoms with Crippen LogP contribution < -0.4 is 5.32 Å². The number of aryl methyl sites for hydroxylation is 1. The van der Waals surface area contributed by atoms with Gasteiger partial charge in [-0.15, -0.1) is 0 Å². The first-order chi connectivity index (χ1) is 9.23. The molecule has 2 N–H and O–H groups in total. The summed E-state index contributed by atoms with van der Waals surface area (Å²) in [5, 5.41) is 22.1. The molecule has 0 spiro atoms. The van der Waals surface area contributed by atoms with Crippen molar-refractivity contribution in [1.29, 1.82) is 0 Å². The van der Waals surface area contributed by atoms with E-state index in [9.17, 15) is 19.7 Å². The van der Waals surface area contributed by atoms with E-state index in [4.69, 9.17) is 5.11 Å². The second kappa shape index (κ2) is 5.96. The molecular weight excluding hydrogens is 264 g/mol. The van der Waals surface area contributed by atoms with Gasteiger partial charge in [-0.2, -0.15) is 0 Å². The van der Waals surface area contributed by atoms with Gasteiger partial charge in [0.1, 0.15) is 5.69 Å². The van der Waals surface area contributed by atoms with E-state index >= 15 is 0 Å². The number of carbonyl (C=O) groups excluding carboxylic acids is 1. The summed E-state index contributed by atoms with van der Waals surface area (Å²) in [6.07, 6.45) is 0. The number of carboxylic acid groups (broad SMARTS) is 1. The third kappa shape index (κ3) is 3.41. The minimum atomic E-state index is -1.21. The van der Waals surface area contributed by atoms with Crippen LogP contribution in [0, 0.1) is 17.0 Å². The van der Waals surface area contributed by atoms with Gasteiger partial charge in [-0.3, -0.25) is 14.9 Å². The Bertz CT molecular complexity index is 619. The number of hydrogen-bond acceptors (Lipinski definition) is 4. The number of nitro benzene ring substituents is 1. The highest BCUT2D eigenvalue weighted by molar-refractivity contribution is 6.08. The van der Waals surface area contributed by atoms with E-state index in [1.165, 1.54) is 26.0 Å². The van der Waals surface area contributed by atoms with Crippen LogP contribution in [0.25, 0.3) is 0 Å². The third-order valence-corrected chi connectivity index (χ3v) is 2.82. The molecule has 7 heteroatoms. The smallest absolute Gasteiger partial charge is 0.331 e. The van der Waals surface area contributed by atoms with Gasteiger partial charge in [0.2, 0.25) is 0 Å². The van der Waals surface area contributed by atoms with E-state index in [1.54, 1.807) is 13.0 Å². The number of nitro groups is 1. The maximum atomic E-state index is 11.9. The monoisotopic (exact) mass is 278 g/mol. The van der Waals surface area contributed by atoms with Crippen LogP contribution in [-0.4, -0.2) is 21.9 Å². The standard InChI is InChI=1S/C13H14N2O5/c1-7-4-5-10(11(6-7)15(19)20)14-12(16)8(2)9(3)13(17)18/h4-6H,1-3H3,(H,14,16)(H,17,18). The average molecular weight is 278 g/mol. The molecule has 0 fully saturated rings. The van der Waals surface area contributed by atoms with E-state index in [-0.39, 0.29) is 22.5 Å². The predicted molar refractivity (Wildman–Crippen MR) is 72.5 cm³/mol. The lowest BCUT2D eigenvalue weighted by atomic mass is 10.1. The first kappa shape index (κ1) is 15.4. The molecule has 106 valence electrons. The van der Waals surface area contributed by atoms with Crippen molar-refractivity contribution in [3.05, 3.63) is 45.0 Å². The molecule has 0 heterocycles. The largest absolute Gasteiger partial charge is 0.478 e. The molecule has 0 radical (unpaired) electrons. The Labute approximate surface area is 115 Å². The molecule has 0 unspecified atom stereocenters. The molecule has 0 aromatic heterocycles. The van der Waals surface area contributed by atoms with Crippen molar-refractivity contribution in [3.8, 4) is 0 Å². The topological polar surface area (TPSA) is 110 Å². The average Bonchev–Trinajstić information content (AvgIpc) is 2.38. The van der Waals surface area contributed by atoms with Crippen molar-refractivity contribution >= 4 is 23.3 Å². The second-order valence-electron chi connectivity index (χ2n) is 4.29. The lowest BCUT2D eigenvalue weighted by Gasteiger charge is -2.08. The van der Waals surface area contributed by atoms with Crippen LogP contribution in [0.3, 0.4) is 0 Å². The van der Waals surface area contributed by atoms with Crippen LogP contribution in [0.15, 0.2) is 29.3 Å². The highest BCUT2D eigenvalue weighted by atomic mass is 16.6. The Morgan fingerprint density at radius 2 is 1.85 bits per heavy atom. The van der Waals surface area contributed by atoms with Gasteiger partial charge in [0.25, 0.3) is 11.6 Å². The molecule has 7 nitrogen and oxygen atoms in total. The van der Waals surface area contributed by atoms with Gasteiger partial charge >= 0.3 is 5.97 Å². The number of hydrogen-bond donors (Lipinski definition) is 2. The normalized spacial score (nSPS) is 11.6. The van der Waals surface area contributed by atoms with Gasteiger partial charge in [0.05, 0.1) is 4.92 Å². The summed E-state index contributed by atoms with van der Waals surface area (Å²) in [6, 6.07) is 4.36. The van der Waals surface area contributed by atoms with Crippen molar-refractivity contribution in [3.63, 3.8) is 0 Å². The summed E-state index contributed by atoms with van der Waals surface area (Å²) in [5.74, 6) is -1.90. The first-order valence-electron chi connectivity index (χ1n) is 5.71. The number of nitrogens with zero attached hydrogens (tertiary/aromatic N) is 1. The number of carboxylic acids is 1. The molecule has 0 atom stereocenters. The van der Waals surface area contributed by atoms with Crippen LogP contribution in [0.4, 0.5) is 11.4 Å². The van der Waals surface area contributed by atoms with Gasteiger partial charge < -0.3 is 10.4 Å². The number of anilines is 1. The van der Waals surface area contributed by atoms with Gasteiger partial charge in [0.15, 0.2) is 0 Å². The molecule has 0 saturated carbocycles. The summed E-state index contributed by atoms with van der Waals surface area (Å²) < 4.78 is 0. The predicted octanol–water partition coefficient (Wildman–Crippen LogP) is 2.26. The van der Waals surface area contributed by atoms with E-state index in [0.717, 1.165) is 0 Å². The van der Waals surface area contributed by atoms with Crippen molar-refractivity contribution in [2.45, 2.75) is 20.8 Å². The summed E-state index contributed by atoms with van der Waals surface area (Å²) in [5.41, 5.74) is 0.357. The maximum Gasteiger partial charge on any atom is 0.331 e. The van der Waals surface area contributed by atoms with Crippen molar-refractivity contribution in [1.82, 2.24) is 0 Å². The summed E-state index contributed by atoms with van der Waals surface area (Å²) >= 11 is 0. The zero-order valence-corrected chi connectivity index (χ0v) is 11.3. The zero-order valence-electron chi connectivity index (χ0n) is 11.3. The maximum absolute atomic E-state index is 11.9. The molecule has 1 rings (SSSR count). The number of nitrogens with one attached hydrogen (secondary N) is 1. The Kier molecular flexibility index (Phi) is 4.58. The molecule has 0 aliphatic rings. The third-order valence-electron chi connectivity index (χ3n) is 2.82. The molecule has 1 aromatic rings. The second-order valence-corrected chi connectivity index (χ2v) is 4.29. The quantitative estimate of drug-likeness (QED) is 0.498. The molecule has 0 aliphatic heterocycles. The van der Waals surface area contributed by atoms with Crippen molar-refractivity contribution in [2.24, 2.45) is 0 Å². The fraction of sp³-hybridized carbons (Fsp3) is 0.231. The fourth-order valence-electron chi connectivity index (χ4n) is 1.45. The molecule has 20 heavy (non-hydrogen) atoms. The minimum Gasteiger partial charge on any atom is -0.478 e. The minimum absolute atomic E-state index is 0.00706. The SMILES string of the molecule is CC(C(=O)O)=C(C)C(=O)Nc1ccc(C)cc1[N+](=O)[O-]. The Hall–Kier alpha value is -2.70. The van der Waals surface area contributed by atoms with Gasteiger partial charge in [0, 0.05) is 17.2 Å². The number of amides is 1. The molecule has 1 amide bonds. The number of benzene rings is 1. The fourth-order valence-corrected chi connectivity index (χ4v) is 1.45. The van der Waals surface area contributed by atoms with Crippen molar-refractivity contribution < 1.29 is 19.6 Å². The number of rotatable bonds is 4. The summed E-state index contributed by atoms with van der Waals surface area (Å²) in [4.78, 5) is 32.9. The van der Waals surface area contributed by atoms with Crippen LogP contribution in [0.1, 0.15) is 19.4 Å². The van der Waals surface area contributed by atoms with Crippen molar-refractivity contribution in [2.75, 3.05) is 5.32 Å². The van der Waals surface area contributed by atoms with E-state index in [2.05, 4.69) is 5.32 Å². The Morgan fingerprint density at radius 1 is 1.25 bits per heavy atom. The van der Waals surface area contributed by atoms with Crippen LogP contribution >= 0.6 is 0 Å². The van der Waals surface area contributed by atoms with E-state index < -0.39 is 16.8 Å². The van der Waals surface area contributed by atoms with Crippen LogP contribution in [0.5, 0.6) is 0 Å². The number of carbonyl (C=O) groups is 2. The highest BCUT2D eigenvalue weighted by Crippen LogP contribution is 2.25. The summed E-state index contributed by atoms with van der Waals surface area (Å²) in [7, 11) is 0. The lowest BCUT2D eigenvalue weighted by Crippen LogP contribution is -2.17. The Morgan fingerprint density at radius 3 is 2.35 bits per heavy atom. The Balaban J connectivity index is 3.12. The first-order valence-corrected chi connectivity index (χ1v) is 5.71. The van der Waals surface area contributed by atoms with Crippen LogP contribution in [-0.2, 0) is 9.59 Å². The lowest BCUT2D eigenvalue weighted by molar-refractivity contribution is -0.384. The zero-order chi connectivity index (χ0) is 15.4. The molecule has 0 saturated heterocycles. The molecular formula is C13H14N2O5. The highest BCUT2D eigenvalue weighted by Gasteiger charge is 2.18. The van der Waals surface area contributed by atoms with Crippen LogP contribution in [0.2, 0.25) is 0 Å². The van der Waals surface area contributed by atoms with E-state index in [1.807, 2.05) is 0 Å². The van der Waals surface area contributed by atoms with E-state index in [0.29, 0.717) is 5.56 Å². The molecule has 0 bridgehead atoms. The number of aliphatic carboxylic acids is 1.